The molecule has 5 rings (SSSR count). The van der Waals surface area contributed by atoms with E-state index in [9.17, 15) is 4.79 Å². The van der Waals surface area contributed by atoms with E-state index in [4.69, 9.17) is 15.5 Å². The fraction of sp³-hybridized carbons (Fsp3) is 0.182. The number of hydrogen-bond donors (Lipinski definition) is 1. The van der Waals surface area contributed by atoms with Gasteiger partial charge < -0.3 is 10.5 Å². The van der Waals surface area contributed by atoms with Crippen LogP contribution >= 0.6 is 0 Å². The molecule has 0 radical (unpaired) electrons. The second kappa shape index (κ2) is 6.56. The van der Waals surface area contributed by atoms with Crippen LogP contribution in [0.25, 0.3) is 21.8 Å². The van der Waals surface area contributed by atoms with Gasteiger partial charge in [0.15, 0.2) is 12.4 Å². The van der Waals surface area contributed by atoms with Crippen molar-refractivity contribution in [2.45, 2.75) is 25.4 Å². The fourth-order valence-corrected chi connectivity index (χ4v) is 3.38. The Balaban J connectivity index is 1.44. The molecule has 138 valence electrons. The molecule has 28 heavy (non-hydrogen) atoms. The number of ether oxygens (including phenoxy) is 1. The first kappa shape index (κ1) is 16.6. The smallest absolute Gasteiger partial charge is 0.339 e. The van der Waals surface area contributed by atoms with Crippen LogP contribution in [0.1, 0.15) is 40.6 Å². The van der Waals surface area contributed by atoms with Crippen molar-refractivity contribution in [2.24, 2.45) is 0 Å². The zero-order chi connectivity index (χ0) is 19.1. The Kier molecular flexibility index (Phi) is 3.90. The van der Waals surface area contributed by atoms with Crippen molar-refractivity contribution in [1.29, 1.82) is 0 Å². The number of hydrogen-bond acceptors (Lipinski definition) is 6. The van der Waals surface area contributed by atoms with Crippen LogP contribution in [-0.2, 0) is 11.3 Å². The van der Waals surface area contributed by atoms with E-state index in [0.717, 1.165) is 40.3 Å². The standard InChI is InChI=1S/C22H18N4O2/c23-21-15-6-2-4-8-18(15)25-20(26-21)12-28-22(27)16-11-19(13-9-10-13)24-17-7-3-1-5-14(16)17/h1-8,11,13H,9-10,12H2,(H2,23,25,26). The molecule has 0 atom stereocenters. The summed E-state index contributed by atoms with van der Waals surface area (Å²) >= 11 is 0. The molecular weight excluding hydrogens is 352 g/mol. The average molecular weight is 370 g/mol. The fourth-order valence-electron chi connectivity index (χ4n) is 3.38. The highest BCUT2D eigenvalue weighted by atomic mass is 16.5. The molecule has 1 saturated carbocycles. The lowest BCUT2D eigenvalue weighted by molar-refractivity contribution is 0.0465. The van der Waals surface area contributed by atoms with Gasteiger partial charge in [0.2, 0.25) is 0 Å². The first-order valence-electron chi connectivity index (χ1n) is 9.27. The minimum Gasteiger partial charge on any atom is -0.454 e. The van der Waals surface area contributed by atoms with Gasteiger partial charge in [-0.2, -0.15) is 0 Å². The lowest BCUT2D eigenvalue weighted by atomic mass is 10.1. The van der Waals surface area contributed by atoms with Crippen molar-refractivity contribution in [2.75, 3.05) is 5.73 Å². The van der Waals surface area contributed by atoms with E-state index in [1.807, 2.05) is 54.6 Å². The number of nitrogen functional groups attached to an aromatic ring is 1. The molecule has 0 bridgehead atoms. The molecule has 6 nitrogen and oxygen atoms in total. The van der Waals surface area contributed by atoms with Crippen LogP contribution in [-0.4, -0.2) is 20.9 Å². The Hall–Kier alpha value is -3.54. The van der Waals surface area contributed by atoms with Crippen molar-refractivity contribution in [3.63, 3.8) is 0 Å². The summed E-state index contributed by atoms with van der Waals surface area (Å²) in [4.78, 5) is 26.2. The van der Waals surface area contributed by atoms with Gasteiger partial charge in [-0.3, -0.25) is 4.98 Å². The monoisotopic (exact) mass is 370 g/mol. The van der Waals surface area contributed by atoms with Gasteiger partial charge in [-0.15, -0.1) is 0 Å². The maximum absolute atomic E-state index is 12.8. The van der Waals surface area contributed by atoms with Crippen molar-refractivity contribution in [1.82, 2.24) is 15.0 Å². The minimum absolute atomic E-state index is 0.0384. The molecule has 0 spiro atoms. The van der Waals surface area contributed by atoms with Crippen LogP contribution in [0.2, 0.25) is 0 Å². The number of nitrogens with two attached hydrogens (primary N) is 1. The van der Waals surface area contributed by atoms with Crippen LogP contribution in [0, 0.1) is 0 Å². The van der Waals surface area contributed by atoms with E-state index in [1.54, 1.807) is 0 Å². The van der Waals surface area contributed by atoms with E-state index >= 15 is 0 Å². The van der Waals surface area contributed by atoms with Crippen LogP contribution in [0.3, 0.4) is 0 Å². The van der Waals surface area contributed by atoms with Gasteiger partial charge in [0.1, 0.15) is 5.82 Å². The number of carbonyl (C=O) groups is 1. The summed E-state index contributed by atoms with van der Waals surface area (Å²) in [7, 11) is 0. The number of aromatic nitrogens is 3. The largest absolute Gasteiger partial charge is 0.454 e. The van der Waals surface area contributed by atoms with E-state index in [-0.39, 0.29) is 6.61 Å². The number of rotatable bonds is 4. The quantitative estimate of drug-likeness (QED) is 0.546. The Labute approximate surface area is 161 Å². The molecule has 4 aromatic rings. The molecule has 2 aromatic heterocycles. The first-order chi connectivity index (χ1) is 13.7. The van der Waals surface area contributed by atoms with Gasteiger partial charge in [0, 0.05) is 22.4 Å². The summed E-state index contributed by atoms with van der Waals surface area (Å²) in [5, 5.41) is 1.57. The third-order valence-corrected chi connectivity index (χ3v) is 4.96. The summed E-state index contributed by atoms with van der Waals surface area (Å²) in [6.07, 6.45) is 2.23. The Bertz CT molecular complexity index is 1220. The second-order valence-electron chi connectivity index (χ2n) is 7.00. The third-order valence-electron chi connectivity index (χ3n) is 4.96. The molecule has 1 aliphatic rings. The van der Waals surface area contributed by atoms with Crippen molar-refractivity contribution < 1.29 is 9.53 Å². The number of nitrogens with zero attached hydrogens (tertiary/aromatic N) is 3. The highest BCUT2D eigenvalue weighted by molar-refractivity contribution is 6.03. The molecule has 0 amide bonds. The highest BCUT2D eigenvalue weighted by Gasteiger charge is 2.27. The van der Waals surface area contributed by atoms with Gasteiger partial charge in [0.25, 0.3) is 0 Å². The molecule has 1 aliphatic carbocycles. The molecule has 0 unspecified atom stereocenters. The number of fused-ring (bicyclic) bond motifs is 2. The normalized spacial score (nSPS) is 13.7. The third kappa shape index (κ3) is 3.03. The van der Waals surface area contributed by atoms with Gasteiger partial charge in [-0.25, -0.2) is 14.8 Å². The summed E-state index contributed by atoms with van der Waals surface area (Å²) in [6.45, 7) is -0.0384. The van der Waals surface area contributed by atoms with Crippen molar-refractivity contribution in [3.8, 4) is 0 Å². The number of esters is 1. The van der Waals surface area contributed by atoms with E-state index in [1.165, 1.54) is 0 Å². The van der Waals surface area contributed by atoms with Crippen LogP contribution in [0.4, 0.5) is 5.82 Å². The van der Waals surface area contributed by atoms with Gasteiger partial charge >= 0.3 is 5.97 Å². The van der Waals surface area contributed by atoms with Crippen LogP contribution in [0.5, 0.6) is 0 Å². The van der Waals surface area contributed by atoms with Crippen LogP contribution < -0.4 is 5.73 Å². The predicted molar refractivity (Wildman–Crippen MR) is 107 cm³/mol. The van der Waals surface area contributed by atoms with Gasteiger partial charge in [0.05, 0.1) is 16.6 Å². The van der Waals surface area contributed by atoms with Crippen molar-refractivity contribution >= 4 is 33.6 Å². The first-order valence-corrected chi connectivity index (χ1v) is 9.27. The van der Waals surface area contributed by atoms with Crippen LogP contribution in [0.15, 0.2) is 54.6 Å². The minimum atomic E-state index is -0.407. The summed E-state index contributed by atoms with van der Waals surface area (Å²) in [6, 6.07) is 17.0. The van der Waals surface area contributed by atoms with E-state index in [0.29, 0.717) is 23.1 Å². The molecular formula is C22H18N4O2. The zero-order valence-electron chi connectivity index (χ0n) is 15.1. The molecule has 0 aliphatic heterocycles. The zero-order valence-corrected chi connectivity index (χ0v) is 15.1. The lowest BCUT2D eigenvalue weighted by Crippen LogP contribution is -2.10. The Morgan fingerprint density at radius 1 is 0.964 bits per heavy atom. The Morgan fingerprint density at radius 2 is 1.64 bits per heavy atom. The molecule has 6 heteroatoms. The molecule has 0 saturated heterocycles. The molecule has 2 N–H and O–H groups in total. The lowest BCUT2D eigenvalue weighted by Gasteiger charge is -2.10. The van der Waals surface area contributed by atoms with Gasteiger partial charge in [-0.05, 0) is 37.1 Å². The molecule has 2 heterocycles. The van der Waals surface area contributed by atoms with E-state index < -0.39 is 5.97 Å². The number of carbonyl (C=O) groups excluding carboxylic acids is 1. The molecule has 2 aromatic carbocycles. The summed E-state index contributed by atoms with van der Waals surface area (Å²) in [5.41, 5.74) is 9.03. The second-order valence-corrected chi connectivity index (χ2v) is 7.00. The number of para-hydroxylation sites is 2. The predicted octanol–water partition coefficient (Wildman–Crippen LogP) is 3.99. The topological polar surface area (TPSA) is 91.0 Å². The summed E-state index contributed by atoms with van der Waals surface area (Å²) < 4.78 is 5.53. The average Bonchev–Trinajstić information content (AvgIpc) is 3.57. The van der Waals surface area contributed by atoms with Crippen molar-refractivity contribution in [3.05, 3.63) is 71.7 Å². The summed E-state index contributed by atoms with van der Waals surface area (Å²) in [5.74, 6) is 0.794. The number of benzene rings is 2. The number of pyridine rings is 1. The highest BCUT2D eigenvalue weighted by Crippen LogP contribution is 2.40. The van der Waals surface area contributed by atoms with E-state index in [2.05, 4.69) is 9.97 Å². The van der Waals surface area contributed by atoms with Gasteiger partial charge in [-0.1, -0.05) is 30.3 Å². The Morgan fingerprint density at radius 3 is 2.39 bits per heavy atom. The molecule has 1 fully saturated rings. The number of anilines is 1. The SMILES string of the molecule is Nc1nc(COC(=O)c2cc(C3CC3)nc3ccccc23)nc2ccccc12. The maximum atomic E-state index is 12.8. The maximum Gasteiger partial charge on any atom is 0.339 e.